The maximum absolute atomic E-state index is 11.9. The Bertz CT molecular complexity index is 661. The minimum absolute atomic E-state index is 0.0621. The number of carbonyl (C=O) groups excluding carboxylic acids is 1. The van der Waals surface area contributed by atoms with Gasteiger partial charge in [0.2, 0.25) is 5.91 Å². The third kappa shape index (κ3) is 3.39. The minimum atomic E-state index is -0.497. The third-order valence-electron chi connectivity index (χ3n) is 2.57. The van der Waals surface area contributed by atoms with Crippen molar-refractivity contribution >= 4 is 33.2 Å². The van der Waals surface area contributed by atoms with Crippen LogP contribution in [0.3, 0.4) is 0 Å². The molecule has 0 spiro atoms. The summed E-state index contributed by atoms with van der Waals surface area (Å²) in [7, 11) is 0. The fraction of sp³-hybridized carbons (Fsp3) is 0.0769. The minimum Gasteiger partial charge on any atom is -0.323 e. The lowest BCUT2D eigenvalue weighted by atomic mass is 10.1. The van der Waals surface area contributed by atoms with Gasteiger partial charge in [-0.1, -0.05) is 18.2 Å². The van der Waals surface area contributed by atoms with Gasteiger partial charge in [-0.2, -0.15) is 0 Å². The van der Waals surface area contributed by atoms with Gasteiger partial charge in [-0.05, 0) is 28.1 Å². The molecule has 0 saturated carbocycles. The summed E-state index contributed by atoms with van der Waals surface area (Å²) in [5, 5.41) is 13.5. The number of nitro groups is 1. The third-order valence-corrected chi connectivity index (χ3v) is 3.20. The Hall–Kier alpha value is -2.28. The molecule has 6 nitrogen and oxygen atoms in total. The maximum Gasteiger partial charge on any atom is 0.273 e. The lowest BCUT2D eigenvalue weighted by Gasteiger charge is -2.06. The van der Waals surface area contributed by atoms with Crippen molar-refractivity contribution in [3.05, 3.63) is 62.9 Å². The van der Waals surface area contributed by atoms with Crippen molar-refractivity contribution in [1.29, 1.82) is 0 Å². The van der Waals surface area contributed by atoms with Crippen LogP contribution in [0.1, 0.15) is 5.56 Å². The van der Waals surface area contributed by atoms with Gasteiger partial charge in [0.05, 0.1) is 17.0 Å². The Kier molecular flexibility index (Phi) is 4.41. The summed E-state index contributed by atoms with van der Waals surface area (Å²) in [6.07, 6.45) is 1.51. The number of aromatic nitrogens is 1. The van der Waals surface area contributed by atoms with E-state index >= 15 is 0 Å². The van der Waals surface area contributed by atoms with Crippen LogP contribution in [0.25, 0.3) is 0 Å². The van der Waals surface area contributed by atoms with Crippen molar-refractivity contribution in [1.82, 2.24) is 4.98 Å². The number of nitrogens with one attached hydrogen (secondary N) is 1. The Morgan fingerprint density at radius 1 is 1.30 bits per heavy atom. The Balaban J connectivity index is 2.13. The lowest BCUT2D eigenvalue weighted by molar-refractivity contribution is -0.385. The summed E-state index contributed by atoms with van der Waals surface area (Å²) in [6, 6.07) is 9.55. The Morgan fingerprint density at radius 3 is 2.75 bits per heavy atom. The van der Waals surface area contributed by atoms with E-state index in [4.69, 9.17) is 0 Å². The average Bonchev–Trinajstić information content (AvgIpc) is 2.41. The van der Waals surface area contributed by atoms with Crippen LogP contribution in [-0.2, 0) is 11.2 Å². The summed E-state index contributed by atoms with van der Waals surface area (Å²) < 4.78 is 0.510. The van der Waals surface area contributed by atoms with E-state index in [1.807, 2.05) is 0 Å². The molecule has 0 radical (unpaired) electrons. The van der Waals surface area contributed by atoms with E-state index in [0.717, 1.165) is 0 Å². The molecular weight excluding hydrogens is 326 g/mol. The zero-order chi connectivity index (χ0) is 14.5. The molecule has 1 heterocycles. The molecule has 2 rings (SSSR count). The van der Waals surface area contributed by atoms with Gasteiger partial charge < -0.3 is 5.32 Å². The van der Waals surface area contributed by atoms with Crippen LogP contribution in [0.5, 0.6) is 0 Å². The van der Waals surface area contributed by atoms with Gasteiger partial charge in [0.25, 0.3) is 5.69 Å². The van der Waals surface area contributed by atoms with Gasteiger partial charge in [-0.25, -0.2) is 4.98 Å². The van der Waals surface area contributed by atoms with Gasteiger partial charge in [-0.15, -0.1) is 0 Å². The Labute approximate surface area is 123 Å². The van der Waals surface area contributed by atoms with Crippen molar-refractivity contribution in [2.24, 2.45) is 0 Å². The van der Waals surface area contributed by atoms with Crippen molar-refractivity contribution < 1.29 is 9.72 Å². The van der Waals surface area contributed by atoms with Gasteiger partial charge in [0.15, 0.2) is 0 Å². The second kappa shape index (κ2) is 6.25. The first-order chi connectivity index (χ1) is 9.58. The Morgan fingerprint density at radius 2 is 2.05 bits per heavy atom. The molecule has 0 aliphatic heterocycles. The van der Waals surface area contributed by atoms with Gasteiger partial charge in [-0.3, -0.25) is 14.9 Å². The highest BCUT2D eigenvalue weighted by Crippen LogP contribution is 2.21. The average molecular weight is 336 g/mol. The van der Waals surface area contributed by atoms with E-state index in [-0.39, 0.29) is 18.0 Å². The van der Waals surface area contributed by atoms with E-state index < -0.39 is 4.92 Å². The first kappa shape index (κ1) is 14.1. The number of pyridine rings is 1. The molecule has 20 heavy (non-hydrogen) atoms. The van der Waals surface area contributed by atoms with Crippen molar-refractivity contribution in [3.8, 4) is 0 Å². The second-order valence-corrected chi connectivity index (χ2v) is 4.70. The molecule has 1 amide bonds. The van der Waals surface area contributed by atoms with E-state index in [1.54, 1.807) is 36.5 Å². The molecule has 102 valence electrons. The number of amides is 1. The van der Waals surface area contributed by atoms with Crippen LogP contribution in [0.15, 0.2) is 47.2 Å². The van der Waals surface area contributed by atoms with E-state index in [2.05, 4.69) is 26.2 Å². The van der Waals surface area contributed by atoms with Crippen molar-refractivity contribution in [3.63, 3.8) is 0 Å². The molecule has 0 fully saturated rings. The molecule has 7 heteroatoms. The van der Waals surface area contributed by atoms with E-state index in [9.17, 15) is 14.9 Å². The molecule has 0 aliphatic carbocycles. The first-order valence-corrected chi connectivity index (χ1v) is 6.50. The van der Waals surface area contributed by atoms with Crippen LogP contribution in [0.2, 0.25) is 0 Å². The number of hydrogen-bond acceptors (Lipinski definition) is 4. The largest absolute Gasteiger partial charge is 0.323 e. The van der Waals surface area contributed by atoms with Crippen molar-refractivity contribution in [2.45, 2.75) is 6.42 Å². The number of hydrogen-bond donors (Lipinski definition) is 1. The fourth-order valence-electron chi connectivity index (χ4n) is 1.69. The van der Waals surface area contributed by atoms with Crippen LogP contribution < -0.4 is 5.32 Å². The number of nitrogens with zero attached hydrogens (tertiary/aromatic N) is 2. The summed E-state index contributed by atoms with van der Waals surface area (Å²) in [4.78, 5) is 26.3. The van der Waals surface area contributed by atoms with Crippen LogP contribution >= 0.6 is 15.9 Å². The van der Waals surface area contributed by atoms with Gasteiger partial charge in [0, 0.05) is 17.8 Å². The quantitative estimate of drug-likeness (QED) is 0.528. The fourth-order valence-corrected chi connectivity index (χ4v) is 2.03. The number of carbonyl (C=O) groups is 1. The molecule has 1 N–H and O–H groups in total. The summed E-state index contributed by atoms with van der Waals surface area (Å²) in [5.74, 6) is -0.340. The molecular formula is C13H10BrN3O3. The zero-order valence-electron chi connectivity index (χ0n) is 10.2. The smallest absolute Gasteiger partial charge is 0.273 e. The topological polar surface area (TPSA) is 85.1 Å². The summed E-state index contributed by atoms with van der Waals surface area (Å²) >= 11 is 3.21. The second-order valence-electron chi connectivity index (χ2n) is 3.95. The standard InChI is InChI=1S/C13H10BrN3O3/c14-13-10(5-3-7-15-13)16-12(18)8-9-4-1-2-6-11(9)17(19)20/h1-7H,8H2,(H,16,18). The number of anilines is 1. The highest BCUT2D eigenvalue weighted by Gasteiger charge is 2.16. The number of para-hydroxylation sites is 1. The van der Waals surface area contributed by atoms with Gasteiger partial charge >= 0.3 is 0 Å². The normalized spacial score (nSPS) is 10.1. The highest BCUT2D eigenvalue weighted by atomic mass is 79.9. The molecule has 0 aliphatic rings. The van der Waals surface area contributed by atoms with Crippen LogP contribution in [0.4, 0.5) is 11.4 Å². The first-order valence-electron chi connectivity index (χ1n) is 5.70. The van der Waals surface area contributed by atoms with Gasteiger partial charge in [0.1, 0.15) is 4.60 Å². The molecule has 1 aromatic carbocycles. The summed E-state index contributed by atoms with van der Waals surface area (Å²) in [5.41, 5.74) is 0.832. The van der Waals surface area contributed by atoms with Crippen LogP contribution in [-0.4, -0.2) is 15.8 Å². The number of benzene rings is 1. The van der Waals surface area contributed by atoms with E-state index in [0.29, 0.717) is 15.9 Å². The molecule has 1 aromatic heterocycles. The molecule has 2 aromatic rings. The highest BCUT2D eigenvalue weighted by molar-refractivity contribution is 9.10. The molecule has 0 atom stereocenters. The van der Waals surface area contributed by atoms with E-state index in [1.165, 1.54) is 6.07 Å². The summed E-state index contributed by atoms with van der Waals surface area (Å²) in [6.45, 7) is 0. The zero-order valence-corrected chi connectivity index (χ0v) is 11.8. The monoisotopic (exact) mass is 335 g/mol. The number of nitro benzene ring substituents is 1. The molecule has 0 unspecified atom stereocenters. The number of rotatable bonds is 4. The lowest BCUT2D eigenvalue weighted by Crippen LogP contribution is -2.15. The molecule has 0 saturated heterocycles. The predicted octanol–water partition coefficient (Wildman–Crippen LogP) is 2.93. The van der Waals surface area contributed by atoms with Crippen LogP contribution in [0, 0.1) is 10.1 Å². The maximum atomic E-state index is 11.9. The number of halogens is 1. The predicted molar refractivity (Wildman–Crippen MR) is 77.4 cm³/mol. The SMILES string of the molecule is O=C(Cc1ccccc1[N+](=O)[O-])Nc1cccnc1Br. The molecule has 0 bridgehead atoms. The van der Waals surface area contributed by atoms with Crippen molar-refractivity contribution in [2.75, 3.05) is 5.32 Å².